The molecule has 3 aromatic rings. The van der Waals surface area contributed by atoms with Crippen molar-refractivity contribution < 1.29 is 27.6 Å². The summed E-state index contributed by atoms with van der Waals surface area (Å²) in [4.78, 5) is 50.6. The smallest absolute Gasteiger partial charge is 0.338 e. The van der Waals surface area contributed by atoms with Crippen LogP contribution in [0.1, 0.15) is 34.3 Å². The Hall–Kier alpha value is -3.77. The summed E-state index contributed by atoms with van der Waals surface area (Å²) >= 11 is 1.34. The van der Waals surface area contributed by atoms with Gasteiger partial charge in [-0.25, -0.2) is 4.98 Å². The number of halogens is 3. The van der Waals surface area contributed by atoms with E-state index in [0.29, 0.717) is 55.3 Å². The molecule has 1 aromatic heterocycles. The molecule has 3 amide bonds. The number of aryl methyl sites for hydroxylation is 1. The minimum absolute atomic E-state index is 0.0385. The fourth-order valence-corrected chi connectivity index (χ4v) is 6.70. The van der Waals surface area contributed by atoms with E-state index in [-0.39, 0.29) is 23.8 Å². The number of fused-ring (bicyclic) bond motifs is 1. The number of likely N-dealkylation sites (tertiary alicyclic amines) is 1. The molecular weight excluding hydrogens is 567 g/mol. The molecule has 2 saturated heterocycles. The Balaban J connectivity index is 1.08. The molecular formula is C30H30F3N5O3S. The summed E-state index contributed by atoms with van der Waals surface area (Å²) in [7, 11) is 0. The molecule has 0 saturated carbocycles. The quantitative estimate of drug-likeness (QED) is 0.452. The van der Waals surface area contributed by atoms with E-state index in [1.165, 1.54) is 30.4 Å². The summed E-state index contributed by atoms with van der Waals surface area (Å²) in [6.45, 7) is 5.33. The second kappa shape index (κ2) is 11.1. The lowest BCUT2D eigenvalue weighted by Crippen LogP contribution is -2.67. The third-order valence-electron chi connectivity index (χ3n) is 8.41. The normalized spacial score (nSPS) is 19.8. The van der Waals surface area contributed by atoms with Crippen molar-refractivity contribution in [2.24, 2.45) is 0 Å². The number of carbonyl (C=O) groups is 3. The monoisotopic (exact) mass is 597 g/mol. The summed E-state index contributed by atoms with van der Waals surface area (Å²) in [6, 6.07) is 10.1. The molecule has 4 heterocycles. The molecule has 0 aliphatic carbocycles. The topological polar surface area (TPSA) is 77.1 Å². The maximum Gasteiger partial charge on any atom is 0.416 e. The van der Waals surface area contributed by atoms with Gasteiger partial charge in [-0.2, -0.15) is 13.2 Å². The number of hydrogen-bond acceptors (Lipinski definition) is 6. The molecule has 3 aliphatic rings. The zero-order valence-corrected chi connectivity index (χ0v) is 23.8. The highest BCUT2D eigenvalue weighted by molar-refractivity contribution is 7.11. The van der Waals surface area contributed by atoms with Gasteiger partial charge in [-0.05, 0) is 53.8 Å². The predicted molar refractivity (Wildman–Crippen MR) is 152 cm³/mol. The molecule has 2 aromatic carbocycles. The second-order valence-corrected chi connectivity index (χ2v) is 11.8. The van der Waals surface area contributed by atoms with Gasteiger partial charge < -0.3 is 9.80 Å². The van der Waals surface area contributed by atoms with E-state index in [4.69, 9.17) is 0 Å². The Morgan fingerprint density at radius 2 is 1.62 bits per heavy atom. The number of thiazole rings is 1. The van der Waals surface area contributed by atoms with Crippen LogP contribution in [0.25, 0.3) is 11.1 Å². The van der Waals surface area contributed by atoms with Gasteiger partial charge >= 0.3 is 6.18 Å². The van der Waals surface area contributed by atoms with E-state index >= 15 is 0 Å². The molecule has 2 fully saturated rings. The van der Waals surface area contributed by atoms with Gasteiger partial charge in [-0.1, -0.05) is 18.2 Å². The van der Waals surface area contributed by atoms with Gasteiger partial charge in [0.05, 0.1) is 5.56 Å². The van der Waals surface area contributed by atoms with Crippen LogP contribution in [0.15, 0.2) is 54.0 Å². The highest BCUT2D eigenvalue weighted by atomic mass is 32.1. The second-order valence-electron chi connectivity index (χ2n) is 10.9. The van der Waals surface area contributed by atoms with Crippen molar-refractivity contribution in [1.29, 1.82) is 0 Å². The fraction of sp³-hybridized carbons (Fsp3) is 0.400. The van der Waals surface area contributed by atoms with E-state index in [1.54, 1.807) is 33.5 Å². The number of carbonyl (C=O) groups excluding carboxylic acids is 3. The number of aromatic nitrogens is 1. The van der Waals surface area contributed by atoms with E-state index < -0.39 is 17.8 Å². The number of benzene rings is 2. The zero-order valence-electron chi connectivity index (χ0n) is 23.0. The van der Waals surface area contributed by atoms with Gasteiger partial charge in [0, 0.05) is 69.5 Å². The van der Waals surface area contributed by atoms with Gasteiger partial charge in [-0.3, -0.25) is 24.2 Å². The number of rotatable bonds is 4. The molecule has 8 nitrogen and oxygen atoms in total. The lowest BCUT2D eigenvalue weighted by atomic mass is 9.91. The number of nitrogens with zero attached hydrogens (tertiary/aromatic N) is 5. The average Bonchev–Trinajstić information content (AvgIpc) is 3.50. The summed E-state index contributed by atoms with van der Waals surface area (Å²) in [5.74, 6) is -0.338. The maximum absolute atomic E-state index is 13.6. The Bertz CT molecular complexity index is 1480. The highest BCUT2D eigenvalue weighted by Crippen LogP contribution is 2.37. The average molecular weight is 598 g/mol. The van der Waals surface area contributed by atoms with Gasteiger partial charge in [0.2, 0.25) is 11.8 Å². The number of alkyl halides is 3. The van der Waals surface area contributed by atoms with Gasteiger partial charge in [0.15, 0.2) is 5.01 Å². The van der Waals surface area contributed by atoms with Crippen LogP contribution < -0.4 is 4.90 Å². The van der Waals surface area contributed by atoms with Gasteiger partial charge in [0.25, 0.3) is 5.91 Å². The van der Waals surface area contributed by atoms with Crippen molar-refractivity contribution in [3.05, 3.63) is 70.2 Å². The molecule has 1 atom stereocenters. The first-order valence-electron chi connectivity index (χ1n) is 13.9. The Morgan fingerprint density at radius 3 is 2.24 bits per heavy atom. The van der Waals surface area contributed by atoms with Crippen molar-refractivity contribution in [1.82, 2.24) is 19.7 Å². The number of piperazine rings is 1. The highest BCUT2D eigenvalue weighted by Gasteiger charge is 2.43. The standard InChI is InChI=1S/C30H30F3N5O3S/c1-19(39)38-25-8-4-21(20-2-6-23(7-3-20)30(31,32)33)16-22(25)5-9-26(38)28(40)37-17-24(18-37)35-11-13-36(14-12-35)29(41)27-34-10-15-42-27/h2-4,6-8,10,15-16,24,26H,5,9,11-14,17-18H2,1H3. The minimum atomic E-state index is -4.40. The summed E-state index contributed by atoms with van der Waals surface area (Å²) in [5.41, 5.74) is 2.26. The largest absolute Gasteiger partial charge is 0.416 e. The van der Waals surface area contributed by atoms with Crippen molar-refractivity contribution in [2.75, 3.05) is 44.2 Å². The molecule has 6 rings (SSSR count). The molecule has 1 unspecified atom stereocenters. The molecule has 0 radical (unpaired) electrons. The first kappa shape index (κ1) is 28.4. The molecule has 12 heteroatoms. The summed E-state index contributed by atoms with van der Waals surface area (Å²) in [5, 5.41) is 2.30. The SMILES string of the molecule is CC(=O)N1c2ccc(-c3ccc(C(F)(F)F)cc3)cc2CCC1C(=O)N1CC(N2CCN(C(=O)c3nccs3)CC2)C1. The summed E-state index contributed by atoms with van der Waals surface area (Å²) < 4.78 is 38.9. The molecule has 0 spiro atoms. The molecule has 3 aliphatic heterocycles. The first-order chi connectivity index (χ1) is 20.1. The minimum Gasteiger partial charge on any atom is -0.338 e. The van der Waals surface area contributed by atoms with Gasteiger partial charge in [0.1, 0.15) is 6.04 Å². The van der Waals surface area contributed by atoms with Crippen LogP contribution >= 0.6 is 11.3 Å². The van der Waals surface area contributed by atoms with E-state index in [1.807, 2.05) is 11.0 Å². The van der Waals surface area contributed by atoms with Crippen LogP contribution in [0.3, 0.4) is 0 Å². The van der Waals surface area contributed by atoms with Crippen LogP contribution in [0.5, 0.6) is 0 Å². The van der Waals surface area contributed by atoms with Crippen molar-refractivity contribution in [2.45, 2.75) is 38.0 Å². The molecule has 0 bridgehead atoms. The Morgan fingerprint density at radius 1 is 0.929 bits per heavy atom. The van der Waals surface area contributed by atoms with E-state index in [0.717, 1.165) is 36.3 Å². The van der Waals surface area contributed by atoms with Crippen molar-refractivity contribution in [3.63, 3.8) is 0 Å². The van der Waals surface area contributed by atoms with Crippen LogP contribution in [-0.4, -0.2) is 88.8 Å². The lowest BCUT2D eigenvalue weighted by Gasteiger charge is -2.49. The maximum atomic E-state index is 13.6. The zero-order chi connectivity index (χ0) is 29.6. The first-order valence-corrected chi connectivity index (χ1v) is 14.8. The van der Waals surface area contributed by atoms with Crippen LogP contribution in [0.2, 0.25) is 0 Å². The number of hydrogen-bond donors (Lipinski definition) is 0. The summed E-state index contributed by atoms with van der Waals surface area (Å²) in [6.07, 6.45) is -1.71. The number of anilines is 1. The third-order valence-corrected chi connectivity index (χ3v) is 9.18. The predicted octanol–water partition coefficient (Wildman–Crippen LogP) is 4.17. The van der Waals surface area contributed by atoms with Crippen molar-refractivity contribution in [3.8, 4) is 11.1 Å². The lowest BCUT2D eigenvalue weighted by molar-refractivity contribution is -0.142. The molecule has 42 heavy (non-hydrogen) atoms. The molecule has 0 N–H and O–H groups in total. The van der Waals surface area contributed by atoms with Crippen LogP contribution in [-0.2, 0) is 22.2 Å². The Labute approximate surface area is 245 Å². The Kier molecular flexibility index (Phi) is 7.52. The fourth-order valence-electron chi connectivity index (χ4n) is 6.10. The van der Waals surface area contributed by atoms with E-state index in [9.17, 15) is 27.6 Å². The third kappa shape index (κ3) is 5.40. The van der Waals surface area contributed by atoms with Crippen LogP contribution in [0.4, 0.5) is 18.9 Å². The number of amides is 3. The molecule has 220 valence electrons. The van der Waals surface area contributed by atoms with Crippen LogP contribution in [0, 0.1) is 0 Å². The van der Waals surface area contributed by atoms with E-state index in [2.05, 4.69) is 9.88 Å². The van der Waals surface area contributed by atoms with Crippen molar-refractivity contribution >= 4 is 34.7 Å². The van der Waals surface area contributed by atoms with Gasteiger partial charge in [-0.15, -0.1) is 11.3 Å².